The van der Waals surface area contributed by atoms with Crippen molar-refractivity contribution < 1.29 is 0 Å². The lowest BCUT2D eigenvalue weighted by atomic mass is 9.98. The molecular formula is C16H21N3S. The normalized spacial score (nSPS) is 17.9. The van der Waals surface area contributed by atoms with Gasteiger partial charge in [0, 0.05) is 30.2 Å². The van der Waals surface area contributed by atoms with Gasteiger partial charge >= 0.3 is 0 Å². The summed E-state index contributed by atoms with van der Waals surface area (Å²) >= 11 is 1.86. The number of aromatic nitrogens is 1. The van der Waals surface area contributed by atoms with Gasteiger partial charge in [0.15, 0.2) is 0 Å². The fraction of sp³-hybridized carbons (Fsp3) is 0.438. The number of rotatable bonds is 3. The number of thiazole rings is 1. The average Bonchev–Trinajstić information content (AvgIpc) is 2.91. The Balaban J connectivity index is 1.93. The van der Waals surface area contributed by atoms with Gasteiger partial charge in [0.05, 0.1) is 11.7 Å². The molecule has 0 amide bonds. The third-order valence-electron chi connectivity index (χ3n) is 3.93. The van der Waals surface area contributed by atoms with Crippen LogP contribution < -0.4 is 10.2 Å². The molecule has 1 aromatic carbocycles. The second-order valence-electron chi connectivity index (χ2n) is 5.50. The van der Waals surface area contributed by atoms with Crippen molar-refractivity contribution in [1.29, 1.82) is 0 Å². The number of fused-ring (bicyclic) bond motifs is 1. The highest BCUT2D eigenvalue weighted by atomic mass is 32.1. The van der Waals surface area contributed by atoms with Crippen LogP contribution in [0.2, 0.25) is 0 Å². The number of hydrogen-bond acceptors (Lipinski definition) is 4. The molecule has 0 radical (unpaired) electrons. The zero-order valence-electron chi connectivity index (χ0n) is 12.3. The lowest BCUT2D eigenvalue weighted by Crippen LogP contribution is -2.21. The highest BCUT2D eigenvalue weighted by Crippen LogP contribution is 2.37. The zero-order chi connectivity index (χ0) is 14.1. The first-order valence-corrected chi connectivity index (χ1v) is 7.95. The Labute approximate surface area is 124 Å². The molecule has 0 aliphatic heterocycles. The molecule has 106 valence electrons. The van der Waals surface area contributed by atoms with Gasteiger partial charge in [-0.25, -0.2) is 4.98 Å². The van der Waals surface area contributed by atoms with Crippen LogP contribution in [0, 0.1) is 0 Å². The number of nitrogens with zero attached hydrogens (tertiary/aromatic N) is 2. The molecule has 4 heteroatoms. The van der Waals surface area contributed by atoms with E-state index in [1.807, 2.05) is 18.4 Å². The van der Waals surface area contributed by atoms with Crippen LogP contribution in [0.1, 0.15) is 29.5 Å². The van der Waals surface area contributed by atoms with Crippen LogP contribution in [-0.4, -0.2) is 26.1 Å². The van der Waals surface area contributed by atoms with Gasteiger partial charge < -0.3 is 10.2 Å². The number of hydrogen-bond donors (Lipinski definition) is 1. The third kappa shape index (κ3) is 2.45. The molecule has 1 heterocycles. The van der Waals surface area contributed by atoms with Gasteiger partial charge in [0.1, 0.15) is 5.01 Å². The van der Waals surface area contributed by atoms with Crippen molar-refractivity contribution in [1.82, 2.24) is 10.3 Å². The third-order valence-corrected chi connectivity index (χ3v) is 5.11. The van der Waals surface area contributed by atoms with Gasteiger partial charge in [-0.2, -0.15) is 0 Å². The van der Waals surface area contributed by atoms with Crippen LogP contribution in [0.25, 0.3) is 10.6 Å². The lowest BCUT2D eigenvalue weighted by molar-refractivity contribution is 0.490. The van der Waals surface area contributed by atoms with E-state index in [0.29, 0.717) is 6.04 Å². The van der Waals surface area contributed by atoms with E-state index in [2.05, 4.69) is 48.6 Å². The van der Waals surface area contributed by atoms with Crippen molar-refractivity contribution in [3.63, 3.8) is 0 Å². The average molecular weight is 287 g/mol. The maximum Gasteiger partial charge on any atom is 0.123 e. The minimum Gasteiger partial charge on any atom is -0.378 e. The van der Waals surface area contributed by atoms with E-state index < -0.39 is 0 Å². The summed E-state index contributed by atoms with van der Waals surface area (Å²) in [5.41, 5.74) is 3.73. The van der Waals surface area contributed by atoms with E-state index in [-0.39, 0.29) is 0 Å². The lowest BCUT2D eigenvalue weighted by Gasteiger charge is -2.19. The molecule has 0 fully saturated rings. The summed E-state index contributed by atoms with van der Waals surface area (Å²) in [5.74, 6) is 0. The Morgan fingerprint density at radius 1 is 1.25 bits per heavy atom. The van der Waals surface area contributed by atoms with E-state index in [1.54, 1.807) is 0 Å². The Bertz CT molecular complexity index is 586. The smallest absolute Gasteiger partial charge is 0.123 e. The molecule has 1 aliphatic rings. The fourth-order valence-electron chi connectivity index (χ4n) is 2.73. The maximum atomic E-state index is 4.89. The largest absolute Gasteiger partial charge is 0.378 e. The van der Waals surface area contributed by atoms with Crippen molar-refractivity contribution in [2.24, 2.45) is 0 Å². The van der Waals surface area contributed by atoms with Crippen molar-refractivity contribution in [3.8, 4) is 10.6 Å². The molecule has 0 saturated carbocycles. The van der Waals surface area contributed by atoms with Gasteiger partial charge in [-0.3, -0.25) is 0 Å². The van der Waals surface area contributed by atoms with Crippen molar-refractivity contribution in [3.05, 3.63) is 34.8 Å². The highest BCUT2D eigenvalue weighted by molar-refractivity contribution is 7.15. The second kappa shape index (κ2) is 5.54. The molecule has 1 unspecified atom stereocenters. The molecule has 1 aromatic heterocycles. The van der Waals surface area contributed by atoms with Gasteiger partial charge in [0.2, 0.25) is 0 Å². The summed E-state index contributed by atoms with van der Waals surface area (Å²) in [7, 11) is 6.16. The molecular weight excluding hydrogens is 266 g/mol. The van der Waals surface area contributed by atoms with Crippen LogP contribution in [0.15, 0.2) is 24.3 Å². The number of nitrogens with one attached hydrogen (secondary N) is 1. The van der Waals surface area contributed by atoms with Crippen LogP contribution in [0.5, 0.6) is 0 Å². The van der Waals surface area contributed by atoms with Crippen LogP contribution >= 0.6 is 11.3 Å². The fourth-order valence-corrected chi connectivity index (χ4v) is 3.90. The minimum atomic E-state index is 0.435. The minimum absolute atomic E-state index is 0.435. The summed E-state index contributed by atoms with van der Waals surface area (Å²) in [6.45, 7) is 0. The van der Waals surface area contributed by atoms with Crippen LogP contribution in [-0.2, 0) is 6.42 Å². The van der Waals surface area contributed by atoms with Crippen molar-refractivity contribution >= 4 is 17.0 Å². The van der Waals surface area contributed by atoms with Crippen LogP contribution in [0.3, 0.4) is 0 Å². The molecule has 1 aliphatic carbocycles. The van der Waals surface area contributed by atoms with E-state index in [9.17, 15) is 0 Å². The molecule has 3 nitrogen and oxygen atoms in total. The first-order chi connectivity index (χ1) is 9.69. The van der Waals surface area contributed by atoms with E-state index in [0.717, 1.165) is 5.01 Å². The first kappa shape index (κ1) is 13.6. The van der Waals surface area contributed by atoms with E-state index >= 15 is 0 Å². The second-order valence-corrected chi connectivity index (χ2v) is 6.59. The summed E-state index contributed by atoms with van der Waals surface area (Å²) < 4.78 is 0. The monoisotopic (exact) mass is 287 g/mol. The van der Waals surface area contributed by atoms with Gasteiger partial charge in [-0.05, 0) is 50.6 Å². The predicted molar refractivity (Wildman–Crippen MR) is 86.6 cm³/mol. The maximum absolute atomic E-state index is 4.89. The standard InChI is InChI=1S/C16H21N3S/c1-17-13-5-4-6-14-15(13)18-16(20-14)11-7-9-12(10-8-11)19(2)3/h7-10,13,17H,4-6H2,1-3H3. The molecule has 2 aromatic rings. The molecule has 0 saturated heterocycles. The van der Waals surface area contributed by atoms with Crippen molar-refractivity contribution in [2.75, 3.05) is 26.0 Å². The number of anilines is 1. The van der Waals surface area contributed by atoms with Crippen LogP contribution in [0.4, 0.5) is 5.69 Å². The van der Waals surface area contributed by atoms with E-state index in [4.69, 9.17) is 4.98 Å². The number of aryl methyl sites for hydroxylation is 1. The summed E-state index contributed by atoms with van der Waals surface area (Å²) in [4.78, 5) is 8.47. The first-order valence-electron chi connectivity index (χ1n) is 7.13. The van der Waals surface area contributed by atoms with Crippen molar-refractivity contribution in [2.45, 2.75) is 25.3 Å². The molecule has 3 rings (SSSR count). The van der Waals surface area contributed by atoms with Gasteiger partial charge in [0.25, 0.3) is 0 Å². The zero-order valence-corrected chi connectivity index (χ0v) is 13.1. The summed E-state index contributed by atoms with van der Waals surface area (Å²) in [6, 6.07) is 9.10. The molecule has 0 bridgehead atoms. The quantitative estimate of drug-likeness (QED) is 0.937. The Morgan fingerprint density at radius 3 is 2.65 bits per heavy atom. The predicted octanol–water partition coefficient (Wildman–Crippen LogP) is 3.47. The molecule has 0 spiro atoms. The molecule has 1 N–H and O–H groups in total. The van der Waals surface area contributed by atoms with Gasteiger partial charge in [-0.1, -0.05) is 0 Å². The Kier molecular flexibility index (Phi) is 3.76. The van der Waals surface area contributed by atoms with Gasteiger partial charge in [-0.15, -0.1) is 11.3 Å². The molecule has 20 heavy (non-hydrogen) atoms. The Hall–Kier alpha value is -1.39. The highest BCUT2D eigenvalue weighted by Gasteiger charge is 2.23. The summed E-state index contributed by atoms with van der Waals surface area (Å²) in [6.07, 6.45) is 3.65. The Morgan fingerprint density at radius 2 is 2.00 bits per heavy atom. The number of benzene rings is 1. The molecule has 1 atom stereocenters. The SMILES string of the molecule is CNC1CCCc2sc(-c3ccc(N(C)C)cc3)nc21. The van der Waals surface area contributed by atoms with E-state index in [1.165, 1.54) is 41.1 Å². The summed E-state index contributed by atoms with van der Waals surface area (Å²) in [5, 5.41) is 4.54. The topological polar surface area (TPSA) is 28.2 Å².